The van der Waals surface area contributed by atoms with Crippen LogP contribution in [-0.4, -0.2) is 20.1 Å². The van der Waals surface area contributed by atoms with Crippen molar-refractivity contribution in [2.75, 3.05) is 0 Å². The van der Waals surface area contributed by atoms with Crippen molar-refractivity contribution in [3.63, 3.8) is 0 Å². The van der Waals surface area contributed by atoms with Gasteiger partial charge >= 0.3 is 5.63 Å². The van der Waals surface area contributed by atoms with Crippen LogP contribution in [-0.2, 0) is 13.2 Å². The number of fused-ring (bicyclic) bond motifs is 1. The van der Waals surface area contributed by atoms with Crippen molar-refractivity contribution in [1.29, 1.82) is 0 Å². The lowest BCUT2D eigenvalue weighted by molar-refractivity contribution is 0.301. The third-order valence-corrected chi connectivity index (χ3v) is 3.75. The molecule has 0 fully saturated rings. The molecule has 4 aromatic rings. The van der Waals surface area contributed by atoms with E-state index in [9.17, 15) is 14.7 Å². The van der Waals surface area contributed by atoms with Crippen LogP contribution in [0.2, 0.25) is 0 Å². The normalized spacial score (nSPS) is 11.0. The molecular formula is C18H13N3O6. The van der Waals surface area contributed by atoms with Crippen molar-refractivity contribution in [3.05, 3.63) is 81.0 Å². The van der Waals surface area contributed by atoms with E-state index in [2.05, 4.69) is 10.3 Å². The summed E-state index contributed by atoms with van der Waals surface area (Å²) in [6, 6.07) is 9.41. The van der Waals surface area contributed by atoms with Crippen LogP contribution in [0.1, 0.15) is 11.5 Å². The van der Waals surface area contributed by atoms with Crippen LogP contribution in [0.15, 0.2) is 67.3 Å². The Morgan fingerprint density at radius 1 is 1.15 bits per heavy atom. The van der Waals surface area contributed by atoms with Gasteiger partial charge in [-0.1, -0.05) is 5.21 Å². The maximum absolute atomic E-state index is 11.4. The first-order chi connectivity index (χ1) is 13.1. The Bertz CT molecular complexity index is 1220. The Morgan fingerprint density at radius 3 is 2.85 bits per heavy atom. The SMILES string of the molecule is O=c1ccc2ccc(OCc3cn(Cc4cc(=O)c(O)co4)nn3)cc2o1. The smallest absolute Gasteiger partial charge is 0.336 e. The molecule has 0 spiro atoms. The van der Waals surface area contributed by atoms with E-state index < -0.39 is 16.8 Å². The van der Waals surface area contributed by atoms with Crippen LogP contribution in [0.5, 0.6) is 11.5 Å². The molecule has 0 bridgehead atoms. The van der Waals surface area contributed by atoms with E-state index >= 15 is 0 Å². The molecule has 3 heterocycles. The highest BCUT2D eigenvalue weighted by Crippen LogP contribution is 2.20. The van der Waals surface area contributed by atoms with Gasteiger partial charge in [0.25, 0.3) is 0 Å². The first-order valence-electron chi connectivity index (χ1n) is 7.93. The third-order valence-electron chi connectivity index (χ3n) is 3.75. The molecule has 9 nitrogen and oxygen atoms in total. The maximum Gasteiger partial charge on any atom is 0.336 e. The minimum atomic E-state index is -0.525. The lowest BCUT2D eigenvalue weighted by atomic mass is 10.2. The van der Waals surface area contributed by atoms with E-state index in [-0.39, 0.29) is 13.2 Å². The average molecular weight is 367 g/mol. The molecule has 3 aromatic heterocycles. The van der Waals surface area contributed by atoms with Crippen molar-refractivity contribution in [3.8, 4) is 11.5 Å². The van der Waals surface area contributed by atoms with Crippen molar-refractivity contribution < 1.29 is 18.7 Å². The van der Waals surface area contributed by atoms with E-state index in [0.29, 0.717) is 22.8 Å². The quantitative estimate of drug-likeness (QED) is 0.529. The second-order valence-corrected chi connectivity index (χ2v) is 5.75. The Labute approximate surface area is 151 Å². The van der Waals surface area contributed by atoms with Gasteiger partial charge in [-0.3, -0.25) is 4.79 Å². The molecule has 1 aromatic carbocycles. The fourth-order valence-electron chi connectivity index (χ4n) is 2.46. The van der Waals surface area contributed by atoms with Gasteiger partial charge in [0.15, 0.2) is 5.75 Å². The highest BCUT2D eigenvalue weighted by atomic mass is 16.5. The first kappa shape index (κ1) is 16.6. The molecule has 0 saturated heterocycles. The number of ether oxygens (including phenoxy) is 1. The van der Waals surface area contributed by atoms with Crippen LogP contribution in [0.25, 0.3) is 11.0 Å². The molecule has 0 unspecified atom stereocenters. The van der Waals surface area contributed by atoms with E-state index in [1.807, 2.05) is 0 Å². The summed E-state index contributed by atoms with van der Waals surface area (Å²) in [5.74, 6) is 0.410. The molecule has 0 aliphatic heterocycles. The topological polar surface area (TPSA) is 121 Å². The number of hydrogen-bond acceptors (Lipinski definition) is 8. The van der Waals surface area contributed by atoms with Gasteiger partial charge < -0.3 is 18.7 Å². The summed E-state index contributed by atoms with van der Waals surface area (Å²) in [7, 11) is 0. The largest absolute Gasteiger partial charge is 0.502 e. The van der Waals surface area contributed by atoms with Crippen molar-refractivity contribution in [2.24, 2.45) is 0 Å². The molecule has 0 radical (unpaired) electrons. The van der Waals surface area contributed by atoms with E-state index in [4.69, 9.17) is 13.6 Å². The second kappa shape index (κ2) is 6.79. The molecule has 0 saturated carbocycles. The number of rotatable bonds is 5. The molecule has 0 aliphatic rings. The lowest BCUT2D eigenvalue weighted by Gasteiger charge is -2.04. The summed E-state index contributed by atoms with van der Waals surface area (Å²) >= 11 is 0. The summed E-state index contributed by atoms with van der Waals surface area (Å²) in [4.78, 5) is 22.7. The molecule has 0 atom stereocenters. The van der Waals surface area contributed by atoms with Crippen molar-refractivity contribution in [2.45, 2.75) is 13.2 Å². The van der Waals surface area contributed by atoms with Crippen molar-refractivity contribution in [1.82, 2.24) is 15.0 Å². The van der Waals surface area contributed by atoms with Gasteiger partial charge in [-0.25, -0.2) is 9.48 Å². The standard InChI is InChI=1S/C18H13N3O6/c22-15-5-14(26-10-16(15)23)8-21-7-12(19-20-21)9-25-13-3-1-11-2-4-18(24)27-17(11)6-13/h1-7,10,23H,8-9H2. The number of aromatic nitrogens is 3. The molecule has 4 rings (SSSR count). The van der Waals surface area contributed by atoms with Gasteiger partial charge in [-0.2, -0.15) is 0 Å². The number of hydrogen-bond donors (Lipinski definition) is 1. The molecule has 136 valence electrons. The van der Waals surface area contributed by atoms with E-state index in [1.54, 1.807) is 30.5 Å². The zero-order valence-electron chi connectivity index (χ0n) is 13.9. The fourth-order valence-corrected chi connectivity index (χ4v) is 2.46. The van der Waals surface area contributed by atoms with Crippen LogP contribution in [0.3, 0.4) is 0 Å². The fraction of sp³-hybridized carbons (Fsp3) is 0.111. The lowest BCUT2D eigenvalue weighted by Crippen LogP contribution is -2.05. The third kappa shape index (κ3) is 3.71. The summed E-state index contributed by atoms with van der Waals surface area (Å²) in [5.41, 5.74) is 0.0445. The Kier molecular flexibility index (Phi) is 4.17. The Balaban J connectivity index is 1.44. The van der Waals surface area contributed by atoms with Gasteiger partial charge in [0.05, 0.1) is 6.20 Å². The molecule has 27 heavy (non-hydrogen) atoms. The summed E-state index contributed by atoms with van der Waals surface area (Å²) < 4.78 is 17.4. The van der Waals surface area contributed by atoms with Gasteiger partial charge in [0.2, 0.25) is 5.43 Å². The van der Waals surface area contributed by atoms with Crippen LogP contribution in [0.4, 0.5) is 0 Å². The molecule has 0 aliphatic carbocycles. The molecular weight excluding hydrogens is 354 g/mol. The Hall–Kier alpha value is -3.88. The predicted molar refractivity (Wildman–Crippen MR) is 92.6 cm³/mol. The highest BCUT2D eigenvalue weighted by Gasteiger charge is 2.07. The minimum Gasteiger partial charge on any atom is -0.502 e. The van der Waals surface area contributed by atoms with Crippen LogP contribution in [0, 0.1) is 0 Å². The summed E-state index contributed by atoms with van der Waals surface area (Å²) in [5, 5.41) is 17.9. The number of aromatic hydroxyl groups is 1. The average Bonchev–Trinajstić information content (AvgIpc) is 3.10. The zero-order chi connectivity index (χ0) is 18.8. The molecule has 0 amide bonds. The van der Waals surface area contributed by atoms with Crippen LogP contribution < -0.4 is 15.8 Å². The van der Waals surface area contributed by atoms with E-state index in [1.165, 1.54) is 16.8 Å². The predicted octanol–water partition coefficient (Wildman–Crippen LogP) is 1.67. The second-order valence-electron chi connectivity index (χ2n) is 5.75. The summed E-state index contributed by atoms with van der Waals surface area (Å²) in [6.07, 6.45) is 2.63. The van der Waals surface area contributed by atoms with Crippen molar-refractivity contribution >= 4 is 11.0 Å². The van der Waals surface area contributed by atoms with Crippen LogP contribution >= 0.6 is 0 Å². The first-order valence-corrected chi connectivity index (χ1v) is 7.93. The van der Waals surface area contributed by atoms with Gasteiger partial charge in [0, 0.05) is 23.6 Å². The van der Waals surface area contributed by atoms with Gasteiger partial charge in [-0.05, 0) is 18.2 Å². The molecule has 1 N–H and O–H groups in total. The number of benzene rings is 1. The molecule has 9 heteroatoms. The van der Waals surface area contributed by atoms with Gasteiger partial charge in [0.1, 0.15) is 42.2 Å². The Morgan fingerprint density at radius 2 is 2.00 bits per heavy atom. The highest BCUT2D eigenvalue weighted by molar-refractivity contribution is 5.77. The minimum absolute atomic E-state index is 0.155. The zero-order valence-corrected chi connectivity index (χ0v) is 13.9. The maximum atomic E-state index is 11.4. The van der Waals surface area contributed by atoms with E-state index in [0.717, 1.165) is 11.6 Å². The number of nitrogens with zero attached hydrogens (tertiary/aromatic N) is 3. The van der Waals surface area contributed by atoms with Gasteiger partial charge in [-0.15, -0.1) is 5.10 Å². The monoisotopic (exact) mass is 367 g/mol. The summed E-state index contributed by atoms with van der Waals surface area (Å²) in [6.45, 7) is 0.339.